The van der Waals surface area contributed by atoms with Crippen molar-refractivity contribution in [2.45, 2.75) is 20.0 Å². The maximum absolute atomic E-state index is 12.8. The van der Waals surface area contributed by atoms with Gasteiger partial charge in [0.05, 0.1) is 38.6 Å². The molecule has 0 saturated heterocycles. The minimum absolute atomic E-state index is 0.177. The zero-order chi connectivity index (χ0) is 23.2. The van der Waals surface area contributed by atoms with Crippen molar-refractivity contribution >= 4 is 33.9 Å². The van der Waals surface area contributed by atoms with E-state index in [1.54, 1.807) is 19.4 Å². The van der Waals surface area contributed by atoms with E-state index in [1.165, 1.54) is 0 Å². The van der Waals surface area contributed by atoms with Crippen LogP contribution in [0.25, 0.3) is 10.9 Å². The number of anilines is 1. The lowest BCUT2D eigenvalue weighted by atomic mass is 10.1. The fraction of sp³-hybridized carbons (Fsp3) is 0.200. The number of methoxy groups -OCH3 is 1. The first-order chi connectivity index (χ1) is 16.1. The molecule has 4 rings (SSSR count). The fourth-order valence-electron chi connectivity index (χ4n) is 3.47. The summed E-state index contributed by atoms with van der Waals surface area (Å²) in [6, 6.07) is 18.7. The van der Waals surface area contributed by atoms with Gasteiger partial charge in [0.1, 0.15) is 17.3 Å². The number of hydrogen-bond acceptors (Lipinski definition) is 5. The molecule has 2 aromatic carbocycles. The molecule has 33 heavy (non-hydrogen) atoms. The van der Waals surface area contributed by atoms with E-state index in [9.17, 15) is 4.79 Å². The summed E-state index contributed by atoms with van der Waals surface area (Å²) in [6.07, 6.45) is 1.62. The Morgan fingerprint density at radius 1 is 1.09 bits per heavy atom. The van der Waals surface area contributed by atoms with Crippen molar-refractivity contribution in [2.75, 3.05) is 19.0 Å². The van der Waals surface area contributed by atoms with Gasteiger partial charge in [-0.1, -0.05) is 0 Å². The highest BCUT2D eigenvalue weighted by Gasteiger charge is 2.16. The molecule has 0 aliphatic rings. The summed E-state index contributed by atoms with van der Waals surface area (Å²) in [6.45, 7) is 3.27. The molecule has 0 radical (unpaired) electrons. The van der Waals surface area contributed by atoms with Gasteiger partial charge in [-0.15, -0.1) is 0 Å². The summed E-state index contributed by atoms with van der Waals surface area (Å²) in [5.74, 6) is 2.22. The average Bonchev–Trinajstić information content (AvgIpc) is 3.33. The monoisotopic (exact) mass is 463 g/mol. The van der Waals surface area contributed by atoms with Crippen molar-refractivity contribution in [3.63, 3.8) is 0 Å². The number of thiocarbonyl (C=S) groups is 1. The molecular formula is C25H25N3O4S. The molecule has 0 bridgehead atoms. The van der Waals surface area contributed by atoms with E-state index in [0.29, 0.717) is 36.1 Å². The van der Waals surface area contributed by atoms with Crippen molar-refractivity contribution in [1.82, 2.24) is 9.88 Å². The first-order valence-electron chi connectivity index (χ1n) is 10.6. The molecule has 0 fully saturated rings. The molecule has 0 aliphatic heterocycles. The Morgan fingerprint density at radius 2 is 1.88 bits per heavy atom. The lowest BCUT2D eigenvalue weighted by Gasteiger charge is -2.25. The summed E-state index contributed by atoms with van der Waals surface area (Å²) < 4.78 is 16.3. The van der Waals surface area contributed by atoms with Crippen molar-refractivity contribution in [2.24, 2.45) is 0 Å². The number of nitrogens with zero attached hydrogens (tertiary/aromatic N) is 1. The van der Waals surface area contributed by atoms with E-state index in [2.05, 4.69) is 10.3 Å². The largest absolute Gasteiger partial charge is 0.497 e. The first-order valence-corrected chi connectivity index (χ1v) is 11.0. The van der Waals surface area contributed by atoms with Crippen LogP contribution in [0.15, 0.2) is 76.1 Å². The van der Waals surface area contributed by atoms with Crippen LogP contribution in [0.4, 0.5) is 5.69 Å². The van der Waals surface area contributed by atoms with Gasteiger partial charge in [0, 0.05) is 17.3 Å². The van der Waals surface area contributed by atoms with Crippen molar-refractivity contribution in [1.29, 1.82) is 0 Å². The summed E-state index contributed by atoms with van der Waals surface area (Å²) >= 11 is 5.70. The third kappa shape index (κ3) is 5.53. The molecule has 0 saturated carbocycles. The van der Waals surface area contributed by atoms with Crippen molar-refractivity contribution < 1.29 is 13.9 Å². The Hall–Kier alpha value is -3.78. The lowest BCUT2D eigenvalue weighted by Crippen LogP contribution is -2.35. The molecule has 7 nitrogen and oxygen atoms in total. The van der Waals surface area contributed by atoms with Gasteiger partial charge in [-0.05, 0) is 79.1 Å². The minimum atomic E-state index is -0.177. The van der Waals surface area contributed by atoms with Gasteiger partial charge in [0.2, 0.25) is 0 Å². The van der Waals surface area contributed by atoms with E-state index in [1.807, 2.05) is 66.4 Å². The Balaban J connectivity index is 1.58. The number of ether oxygens (including phenoxy) is 2. The molecular weight excluding hydrogens is 438 g/mol. The van der Waals surface area contributed by atoms with Crippen LogP contribution < -0.4 is 20.3 Å². The standard InChI is InChI=1S/C25H25N3O4S/c1-3-31-20-10-7-19(8-11-20)26-25(33)28(16-22-5-4-12-32-22)15-18-13-17-6-9-21(30-2)14-23(17)27-24(18)29/h4-14H,3,15-16H2,1-2H3,(H,26,33)(H,27,29). The number of rotatable bonds is 8. The normalized spacial score (nSPS) is 10.7. The second-order valence-corrected chi connectivity index (χ2v) is 7.79. The number of aromatic nitrogens is 1. The highest BCUT2D eigenvalue weighted by molar-refractivity contribution is 7.80. The fourth-order valence-corrected chi connectivity index (χ4v) is 3.72. The zero-order valence-corrected chi connectivity index (χ0v) is 19.3. The summed E-state index contributed by atoms with van der Waals surface area (Å²) in [4.78, 5) is 17.7. The Labute approximate surface area is 196 Å². The molecule has 0 amide bonds. The molecule has 2 heterocycles. The zero-order valence-electron chi connectivity index (χ0n) is 18.5. The van der Waals surface area contributed by atoms with Gasteiger partial charge in [-0.25, -0.2) is 0 Å². The van der Waals surface area contributed by atoms with Crippen LogP contribution in [0.5, 0.6) is 11.5 Å². The van der Waals surface area contributed by atoms with Crippen LogP contribution >= 0.6 is 12.2 Å². The first kappa shape index (κ1) is 22.4. The average molecular weight is 464 g/mol. The van der Waals surface area contributed by atoms with E-state index in [4.69, 9.17) is 26.1 Å². The second-order valence-electron chi connectivity index (χ2n) is 7.40. The molecule has 0 atom stereocenters. The van der Waals surface area contributed by atoms with Gasteiger partial charge >= 0.3 is 0 Å². The summed E-state index contributed by atoms with van der Waals surface area (Å²) in [5, 5.41) is 4.63. The molecule has 2 aromatic heterocycles. The van der Waals surface area contributed by atoms with Crippen LogP contribution in [0.3, 0.4) is 0 Å². The van der Waals surface area contributed by atoms with E-state index < -0.39 is 0 Å². The highest BCUT2D eigenvalue weighted by atomic mass is 32.1. The number of furan rings is 1. The third-order valence-electron chi connectivity index (χ3n) is 5.12. The lowest BCUT2D eigenvalue weighted by molar-refractivity contribution is 0.340. The second kappa shape index (κ2) is 10.2. The maximum Gasteiger partial charge on any atom is 0.253 e. The molecule has 0 spiro atoms. The minimum Gasteiger partial charge on any atom is -0.497 e. The Morgan fingerprint density at radius 3 is 2.58 bits per heavy atom. The van der Waals surface area contributed by atoms with Gasteiger partial charge < -0.3 is 29.1 Å². The predicted molar refractivity (Wildman–Crippen MR) is 133 cm³/mol. The van der Waals surface area contributed by atoms with E-state index in [0.717, 1.165) is 28.1 Å². The number of aromatic amines is 1. The highest BCUT2D eigenvalue weighted by Crippen LogP contribution is 2.20. The van der Waals surface area contributed by atoms with Gasteiger partial charge in [-0.3, -0.25) is 4.79 Å². The molecule has 0 aliphatic carbocycles. The number of fused-ring (bicyclic) bond motifs is 1. The van der Waals surface area contributed by atoms with Crippen LogP contribution in [-0.4, -0.2) is 28.7 Å². The third-order valence-corrected chi connectivity index (χ3v) is 5.48. The maximum atomic E-state index is 12.8. The van der Waals surface area contributed by atoms with E-state index >= 15 is 0 Å². The van der Waals surface area contributed by atoms with Crippen LogP contribution in [0.2, 0.25) is 0 Å². The molecule has 8 heteroatoms. The van der Waals surface area contributed by atoms with Crippen LogP contribution in [-0.2, 0) is 13.1 Å². The van der Waals surface area contributed by atoms with Gasteiger partial charge in [-0.2, -0.15) is 0 Å². The predicted octanol–water partition coefficient (Wildman–Crippen LogP) is 4.93. The quantitative estimate of drug-likeness (QED) is 0.359. The summed E-state index contributed by atoms with van der Waals surface area (Å²) in [5.41, 5.74) is 1.96. The molecule has 2 N–H and O–H groups in total. The number of nitrogens with one attached hydrogen (secondary N) is 2. The summed E-state index contributed by atoms with van der Waals surface area (Å²) in [7, 11) is 1.60. The number of hydrogen-bond donors (Lipinski definition) is 2. The molecule has 0 unspecified atom stereocenters. The smallest absolute Gasteiger partial charge is 0.253 e. The number of pyridine rings is 1. The van der Waals surface area contributed by atoms with Gasteiger partial charge in [0.25, 0.3) is 5.56 Å². The SMILES string of the molecule is CCOc1ccc(NC(=S)N(Cc2ccco2)Cc2cc3ccc(OC)cc3[nH]c2=O)cc1. The van der Waals surface area contributed by atoms with Crippen molar-refractivity contribution in [3.8, 4) is 11.5 Å². The van der Waals surface area contributed by atoms with E-state index in [-0.39, 0.29) is 5.56 Å². The van der Waals surface area contributed by atoms with Gasteiger partial charge in [0.15, 0.2) is 5.11 Å². The Kier molecular flexibility index (Phi) is 6.95. The topological polar surface area (TPSA) is 79.7 Å². The van der Waals surface area contributed by atoms with Crippen LogP contribution in [0, 0.1) is 0 Å². The van der Waals surface area contributed by atoms with Crippen molar-refractivity contribution in [3.05, 3.63) is 88.6 Å². The Bertz CT molecular complexity index is 1280. The number of benzene rings is 2. The molecule has 170 valence electrons. The number of H-pyrrole nitrogens is 1. The molecule has 4 aromatic rings. The van der Waals surface area contributed by atoms with Crippen LogP contribution in [0.1, 0.15) is 18.2 Å².